The van der Waals surface area contributed by atoms with Crippen molar-refractivity contribution in [1.29, 1.82) is 0 Å². The van der Waals surface area contributed by atoms with Crippen LogP contribution in [0.2, 0.25) is 0 Å². The Morgan fingerprint density at radius 3 is 2.24 bits per heavy atom. The monoisotopic (exact) mass is 527 g/mol. The van der Waals surface area contributed by atoms with E-state index in [1.807, 2.05) is 50.2 Å². The highest BCUT2D eigenvalue weighted by molar-refractivity contribution is 7.92. The molecule has 0 radical (unpaired) electrons. The summed E-state index contributed by atoms with van der Waals surface area (Å²) in [5, 5.41) is 3.13. The number of sulfonamides is 1. The van der Waals surface area contributed by atoms with Gasteiger partial charge in [-0.3, -0.25) is 13.9 Å². The molecule has 0 aromatic heterocycles. The van der Waals surface area contributed by atoms with Crippen LogP contribution in [0.4, 0.5) is 5.69 Å². The number of nitrogens with zero attached hydrogens (tertiary/aromatic N) is 2. The third-order valence-electron chi connectivity index (χ3n) is 7.05. The molecule has 7 nitrogen and oxygen atoms in total. The SMILES string of the molecule is CCC(C(=O)NC1CCCC1)N(Cc1cccc(C)c1)C(=O)CN(c1ccc(C(C)C)cc1)S(C)(=O)=O. The first-order valence-electron chi connectivity index (χ1n) is 13.2. The molecule has 2 aromatic rings. The number of hydrogen-bond donors (Lipinski definition) is 1. The van der Waals surface area contributed by atoms with Crippen LogP contribution in [-0.4, -0.2) is 50.0 Å². The molecule has 2 amide bonds. The summed E-state index contributed by atoms with van der Waals surface area (Å²) in [5.74, 6) is -0.285. The van der Waals surface area contributed by atoms with Gasteiger partial charge in [0.25, 0.3) is 0 Å². The third kappa shape index (κ3) is 7.81. The molecule has 0 aliphatic heterocycles. The van der Waals surface area contributed by atoms with E-state index in [1.54, 1.807) is 17.0 Å². The van der Waals surface area contributed by atoms with Gasteiger partial charge < -0.3 is 10.2 Å². The predicted molar refractivity (Wildman–Crippen MR) is 149 cm³/mol. The number of carbonyl (C=O) groups is 2. The smallest absolute Gasteiger partial charge is 0.244 e. The summed E-state index contributed by atoms with van der Waals surface area (Å²) < 4.78 is 26.7. The fourth-order valence-electron chi connectivity index (χ4n) is 4.93. The van der Waals surface area contributed by atoms with E-state index in [0.29, 0.717) is 18.0 Å². The molecule has 1 atom stereocenters. The van der Waals surface area contributed by atoms with Gasteiger partial charge in [0, 0.05) is 12.6 Å². The summed E-state index contributed by atoms with van der Waals surface area (Å²) >= 11 is 0. The van der Waals surface area contributed by atoms with Gasteiger partial charge in [0.05, 0.1) is 11.9 Å². The van der Waals surface area contributed by atoms with Crippen LogP contribution in [0.3, 0.4) is 0 Å². The van der Waals surface area contributed by atoms with Gasteiger partial charge >= 0.3 is 0 Å². The van der Waals surface area contributed by atoms with E-state index in [2.05, 4.69) is 19.2 Å². The second-order valence-corrected chi connectivity index (χ2v) is 12.3. The number of benzene rings is 2. The molecule has 1 saturated carbocycles. The van der Waals surface area contributed by atoms with E-state index < -0.39 is 22.0 Å². The first-order valence-corrected chi connectivity index (χ1v) is 15.1. The van der Waals surface area contributed by atoms with Gasteiger partial charge in [-0.15, -0.1) is 0 Å². The molecule has 37 heavy (non-hydrogen) atoms. The number of carbonyl (C=O) groups excluding carboxylic acids is 2. The molecule has 8 heteroatoms. The van der Waals surface area contributed by atoms with Crippen molar-refractivity contribution >= 4 is 27.5 Å². The number of anilines is 1. The van der Waals surface area contributed by atoms with E-state index in [1.165, 1.54) is 0 Å². The van der Waals surface area contributed by atoms with E-state index >= 15 is 0 Å². The van der Waals surface area contributed by atoms with Crippen molar-refractivity contribution in [3.05, 3.63) is 65.2 Å². The van der Waals surface area contributed by atoms with Crippen molar-refractivity contribution in [3.63, 3.8) is 0 Å². The molecule has 0 saturated heterocycles. The van der Waals surface area contributed by atoms with Crippen molar-refractivity contribution in [1.82, 2.24) is 10.2 Å². The van der Waals surface area contributed by atoms with Gasteiger partial charge in [-0.1, -0.05) is 75.6 Å². The van der Waals surface area contributed by atoms with Crippen LogP contribution in [0.5, 0.6) is 0 Å². The Balaban J connectivity index is 1.91. The Bertz CT molecular complexity index is 1170. The standard InChI is InChI=1S/C29H41N3O4S/c1-6-27(29(34)30-25-12-7-8-13-25)31(19-23-11-9-10-22(4)18-23)28(33)20-32(37(5,35)36)26-16-14-24(15-17-26)21(2)3/h9-11,14-18,21,25,27H,6-8,12-13,19-20H2,1-5H3,(H,30,34). The van der Waals surface area contributed by atoms with Gasteiger partial charge in [0.1, 0.15) is 12.6 Å². The number of rotatable bonds is 11. The summed E-state index contributed by atoms with van der Waals surface area (Å²) in [4.78, 5) is 28.7. The van der Waals surface area contributed by atoms with Crippen LogP contribution in [0.1, 0.15) is 75.5 Å². The average molecular weight is 528 g/mol. The van der Waals surface area contributed by atoms with Crippen LogP contribution in [0.25, 0.3) is 0 Å². The van der Waals surface area contributed by atoms with Crippen molar-refractivity contribution < 1.29 is 18.0 Å². The van der Waals surface area contributed by atoms with Crippen molar-refractivity contribution in [2.75, 3.05) is 17.1 Å². The Morgan fingerprint density at radius 1 is 1.05 bits per heavy atom. The first kappa shape index (κ1) is 28.7. The lowest BCUT2D eigenvalue weighted by atomic mass is 10.0. The second-order valence-electron chi connectivity index (χ2n) is 10.4. The van der Waals surface area contributed by atoms with Crippen LogP contribution < -0.4 is 9.62 Å². The zero-order chi connectivity index (χ0) is 27.2. The van der Waals surface area contributed by atoms with Crippen molar-refractivity contribution in [3.8, 4) is 0 Å². The minimum absolute atomic E-state index is 0.129. The quantitative estimate of drug-likeness (QED) is 0.457. The normalized spacial score (nSPS) is 15.0. The Labute approximate surface area is 222 Å². The zero-order valence-electron chi connectivity index (χ0n) is 22.7. The molecule has 2 aromatic carbocycles. The lowest BCUT2D eigenvalue weighted by Gasteiger charge is -2.33. The first-order chi connectivity index (χ1) is 17.5. The molecule has 1 N–H and O–H groups in total. The fourth-order valence-corrected chi connectivity index (χ4v) is 5.78. The molecule has 3 rings (SSSR count). The Morgan fingerprint density at radius 2 is 1.70 bits per heavy atom. The molecule has 1 aliphatic rings. The minimum atomic E-state index is -3.75. The average Bonchev–Trinajstić information content (AvgIpc) is 3.34. The largest absolute Gasteiger partial charge is 0.352 e. The number of hydrogen-bond acceptors (Lipinski definition) is 4. The highest BCUT2D eigenvalue weighted by atomic mass is 32.2. The molecular weight excluding hydrogens is 486 g/mol. The second kappa shape index (κ2) is 12.6. The molecule has 1 aliphatic carbocycles. The summed E-state index contributed by atoms with van der Waals surface area (Å²) in [6.07, 6.45) is 5.60. The van der Waals surface area contributed by atoms with E-state index in [4.69, 9.17) is 0 Å². The molecule has 0 spiro atoms. The minimum Gasteiger partial charge on any atom is -0.352 e. The summed E-state index contributed by atoms with van der Waals surface area (Å²) in [6.45, 7) is 7.84. The summed E-state index contributed by atoms with van der Waals surface area (Å²) in [7, 11) is -3.75. The number of nitrogens with one attached hydrogen (secondary N) is 1. The third-order valence-corrected chi connectivity index (χ3v) is 8.19. The number of amides is 2. The summed E-state index contributed by atoms with van der Waals surface area (Å²) in [6, 6.07) is 14.5. The van der Waals surface area contributed by atoms with Gasteiger partial charge in [0.2, 0.25) is 21.8 Å². The fraction of sp³-hybridized carbons (Fsp3) is 0.517. The van der Waals surface area contributed by atoms with E-state index in [-0.39, 0.29) is 25.0 Å². The maximum absolute atomic E-state index is 13.8. The number of aryl methyl sites for hydroxylation is 1. The van der Waals surface area contributed by atoms with Gasteiger partial charge in [-0.05, 0) is 55.4 Å². The molecule has 1 fully saturated rings. The topological polar surface area (TPSA) is 86.8 Å². The molecule has 0 bridgehead atoms. The van der Waals surface area contributed by atoms with Gasteiger partial charge in [-0.2, -0.15) is 0 Å². The molecule has 0 heterocycles. The van der Waals surface area contributed by atoms with Gasteiger partial charge in [0.15, 0.2) is 0 Å². The molecule has 1 unspecified atom stereocenters. The molecule has 202 valence electrons. The highest BCUT2D eigenvalue weighted by Crippen LogP contribution is 2.24. The Kier molecular flexibility index (Phi) is 9.76. The maximum atomic E-state index is 13.8. The Hall–Kier alpha value is -2.87. The predicted octanol–water partition coefficient (Wildman–Crippen LogP) is 4.75. The zero-order valence-corrected chi connectivity index (χ0v) is 23.6. The lowest BCUT2D eigenvalue weighted by molar-refractivity contribution is -0.140. The van der Waals surface area contributed by atoms with Crippen LogP contribution in [0.15, 0.2) is 48.5 Å². The van der Waals surface area contributed by atoms with Gasteiger partial charge in [-0.25, -0.2) is 8.42 Å². The van der Waals surface area contributed by atoms with E-state index in [0.717, 1.165) is 52.9 Å². The highest BCUT2D eigenvalue weighted by Gasteiger charge is 2.33. The molecular formula is C29H41N3O4S. The summed E-state index contributed by atoms with van der Waals surface area (Å²) in [5.41, 5.74) is 3.46. The van der Waals surface area contributed by atoms with E-state index in [9.17, 15) is 18.0 Å². The lowest BCUT2D eigenvalue weighted by Crippen LogP contribution is -2.53. The maximum Gasteiger partial charge on any atom is 0.244 e. The van der Waals surface area contributed by atoms with Crippen LogP contribution in [-0.2, 0) is 26.2 Å². The van der Waals surface area contributed by atoms with Crippen molar-refractivity contribution in [2.24, 2.45) is 0 Å². The van der Waals surface area contributed by atoms with Crippen LogP contribution >= 0.6 is 0 Å². The van der Waals surface area contributed by atoms with Crippen molar-refractivity contribution in [2.45, 2.75) is 84.3 Å². The van der Waals surface area contributed by atoms with Crippen LogP contribution in [0, 0.1) is 6.92 Å².